The van der Waals surface area contributed by atoms with Gasteiger partial charge in [0.05, 0.1) is 16.9 Å². The van der Waals surface area contributed by atoms with Crippen LogP contribution in [0.4, 0.5) is 14.6 Å². The zero-order valence-electron chi connectivity index (χ0n) is 16.7. The summed E-state index contributed by atoms with van der Waals surface area (Å²) in [5.74, 6) is 1.15. The molecular weight excluding hydrogens is 374 g/mol. The minimum Gasteiger partial charge on any atom is -0.363 e. The van der Waals surface area contributed by atoms with Crippen molar-refractivity contribution in [1.82, 2.24) is 14.5 Å². The lowest BCUT2D eigenvalue weighted by molar-refractivity contribution is 0.150. The summed E-state index contributed by atoms with van der Waals surface area (Å²) in [6.07, 6.45) is 2.44. The Labute approximate surface area is 167 Å². The molecule has 1 aliphatic rings. The molecule has 0 aliphatic heterocycles. The minimum absolute atomic E-state index is 0.0405. The van der Waals surface area contributed by atoms with Crippen molar-refractivity contribution in [2.75, 3.05) is 5.32 Å². The highest BCUT2D eigenvalue weighted by Crippen LogP contribution is 2.33. The maximum Gasteiger partial charge on any atom is 0.264 e. The second-order valence-corrected chi connectivity index (χ2v) is 7.75. The van der Waals surface area contributed by atoms with Crippen LogP contribution in [0, 0.1) is 13.8 Å². The van der Waals surface area contributed by atoms with Crippen LogP contribution in [0.3, 0.4) is 0 Å². The van der Waals surface area contributed by atoms with Crippen LogP contribution >= 0.6 is 0 Å². The van der Waals surface area contributed by atoms with E-state index in [0.717, 1.165) is 30.2 Å². The number of halogens is 2. The molecule has 1 atom stereocenters. The van der Waals surface area contributed by atoms with E-state index in [1.54, 1.807) is 30.5 Å². The quantitative estimate of drug-likeness (QED) is 0.638. The van der Waals surface area contributed by atoms with E-state index in [1.165, 1.54) is 6.07 Å². The Balaban J connectivity index is 1.76. The Morgan fingerprint density at radius 1 is 1.17 bits per heavy atom. The normalized spacial score (nSPS) is 15.5. The minimum atomic E-state index is -2.51. The molecule has 3 aromatic rings. The molecule has 1 aliphatic carbocycles. The number of hydrogen-bond donors (Lipinski definition) is 1. The summed E-state index contributed by atoms with van der Waals surface area (Å²) in [6, 6.07) is 6.50. The Bertz CT molecular complexity index is 1120. The first-order chi connectivity index (χ1) is 13.8. The number of hydrogen-bond acceptors (Lipinski definition) is 4. The molecule has 1 saturated carbocycles. The van der Waals surface area contributed by atoms with Crippen molar-refractivity contribution < 1.29 is 8.78 Å². The molecule has 4 rings (SSSR count). The van der Waals surface area contributed by atoms with Gasteiger partial charge in [-0.1, -0.05) is 18.2 Å². The number of alkyl halides is 2. The number of anilines is 1. The van der Waals surface area contributed by atoms with Gasteiger partial charge in [-0.3, -0.25) is 4.79 Å². The second kappa shape index (κ2) is 7.54. The molecule has 29 heavy (non-hydrogen) atoms. The van der Waals surface area contributed by atoms with E-state index in [4.69, 9.17) is 0 Å². The average molecular weight is 398 g/mol. The lowest BCUT2D eigenvalue weighted by Gasteiger charge is -2.28. The van der Waals surface area contributed by atoms with Crippen molar-refractivity contribution in [2.24, 2.45) is 0 Å². The van der Waals surface area contributed by atoms with Gasteiger partial charge in [0.25, 0.3) is 12.0 Å². The number of pyridine rings is 1. The number of rotatable bonds is 5. The van der Waals surface area contributed by atoms with Gasteiger partial charge in [-0.15, -0.1) is 0 Å². The van der Waals surface area contributed by atoms with Gasteiger partial charge in [0.15, 0.2) is 0 Å². The third-order valence-corrected chi connectivity index (χ3v) is 5.81. The molecular formula is C22H24F2N4O. The van der Waals surface area contributed by atoms with E-state index in [2.05, 4.69) is 15.3 Å². The van der Waals surface area contributed by atoms with Gasteiger partial charge < -0.3 is 9.88 Å². The first-order valence-corrected chi connectivity index (χ1v) is 9.89. The number of benzene rings is 1. The van der Waals surface area contributed by atoms with E-state index >= 15 is 0 Å². The summed E-state index contributed by atoms with van der Waals surface area (Å²) in [5.41, 5.74) is 1.94. The topological polar surface area (TPSA) is 59.8 Å². The Morgan fingerprint density at radius 3 is 2.55 bits per heavy atom. The molecule has 7 heteroatoms. The highest BCUT2D eigenvalue weighted by Gasteiger charge is 2.22. The van der Waals surface area contributed by atoms with E-state index in [-0.39, 0.29) is 23.2 Å². The van der Waals surface area contributed by atoms with Crippen molar-refractivity contribution in [3.8, 4) is 0 Å². The summed E-state index contributed by atoms with van der Waals surface area (Å²) in [4.78, 5) is 21.4. The molecule has 152 valence electrons. The molecule has 0 radical (unpaired) electrons. The van der Waals surface area contributed by atoms with Crippen LogP contribution in [0.5, 0.6) is 0 Å². The first-order valence-electron chi connectivity index (χ1n) is 9.89. The fraction of sp³-hybridized carbons (Fsp3) is 0.409. The maximum atomic E-state index is 13.3. The third-order valence-electron chi connectivity index (χ3n) is 5.81. The number of aryl methyl sites for hydroxylation is 1. The van der Waals surface area contributed by atoms with Gasteiger partial charge in [-0.05, 0) is 51.2 Å². The molecule has 1 aromatic carbocycles. The Hall–Kier alpha value is -2.83. The van der Waals surface area contributed by atoms with Crippen LogP contribution in [-0.2, 0) is 0 Å². The van der Waals surface area contributed by atoms with E-state index in [0.29, 0.717) is 22.7 Å². The van der Waals surface area contributed by atoms with Gasteiger partial charge >= 0.3 is 0 Å². The first kappa shape index (κ1) is 19.5. The summed E-state index contributed by atoms with van der Waals surface area (Å²) in [6.45, 7) is 5.41. The standard InChI is InChI=1S/C22H24F2N4O/c1-12-16(8-5-9-17(12)21(23)24)13(2)25-22-18-11-28(15-6-4-7-15)20(29)10-19(18)26-14(3)27-22/h5,8-11,13,15,21H,4,6-7H2,1-3H3,(H,25,26,27). The monoisotopic (exact) mass is 398 g/mol. The Morgan fingerprint density at radius 2 is 1.90 bits per heavy atom. The smallest absolute Gasteiger partial charge is 0.264 e. The SMILES string of the molecule is Cc1nc(NC(C)c2cccc(C(F)F)c2C)c2cn(C3CCC3)c(=O)cc2n1. The van der Waals surface area contributed by atoms with Crippen LogP contribution in [0.25, 0.3) is 10.9 Å². The molecule has 0 bridgehead atoms. The van der Waals surface area contributed by atoms with Gasteiger partial charge in [0.1, 0.15) is 11.6 Å². The van der Waals surface area contributed by atoms with Crippen molar-refractivity contribution >= 4 is 16.7 Å². The molecule has 1 N–H and O–H groups in total. The molecule has 0 saturated heterocycles. The van der Waals surface area contributed by atoms with Crippen LogP contribution < -0.4 is 10.9 Å². The van der Waals surface area contributed by atoms with Crippen molar-refractivity contribution in [3.05, 3.63) is 63.3 Å². The number of fused-ring (bicyclic) bond motifs is 1. The van der Waals surface area contributed by atoms with Crippen LogP contribution in [0.2, 0.25) is 0 Å². The van der Waals surface area contributed by atoms with E-state index < -0.39 is 6.43 Å². The fourth-order valence-electron chi connectivity index (χ4n) is 3.96. The van der Waals surface area contributed by atoms with Gasteiger partial charge in [-0.25, -0.2) is 18.7 Å². The van der Waals surface area contributed by atoms with E-state index in [9.17, 15) is 13.6 Å². The lowest BCUT2D eigenvalue weighted by Crippen LogP contribution is -2.28. The second-order valence-electron chi connectivity index (χ2n) is 7.75. The fourth-order valence-corrected chi connectivity index (χ4v) is 3.96. The molecule has 2 heterocycles. The zero-order chi connectivity index (χ0) is 20.7. The van der Waals surface area contributed by atoms with E-state index in [1.807, 2.05) is 19.2 Å². The molecule has 0 amide bonds. The molecule has 0 spiro atoms. The van der Waals surface area contributed by atoms with Crippen LogP contribution in [0.1, 0.15) is 67.2 Å². The largest absolute Gasteiger partial charge is 0.363 e. The Kier molecular flexibility index (Phi) is 5.06. The van der Waals surface area contributed by atoms with Crippen molar-refractivity contribution in [3.63, 3.8) is 0 Å². The molecule has 2 aromatic heterocycles. The van der Waals surface area contributed by atoms with Gasteiger partial charge in [0.2, 0.25) is 0 Å². The summed E-state index contributed by atoms with van der Waals surface area (Å²) >= 11 is 0. The maximum absolute atomic E-state index is 13.3. The summed E-state index contributed by atoms with van der Waals surface area (Å²) in [7, 11) is 0. The highest BCUT2D eigenvalue weighted by molar-refractivity contribution is 5.88. The molecule has 1 unspecified atom stereocenters. The summed E-state index contributed by atoms with van der Waals surface area (Å²) in [5, 5.41) is 4.12. The average Bonchev–Trinajstić information content (AvgIpc) is 2.61. The third kappa shape index (κ3) is 3.61. The number of nitrogens with zero attached hydrogens (tertiary/aromatic N) is 3. The van der Waals surface area contributed by atoms with Gasteiger partial charge in [-0.2, -0.15) is 0 Å². The predicted molar refractivity (Wildman–Crippen MR) is 110 cm³/mol. The van der Waals surface area contributed by atoms with Crippen molar-refractivity contribution in [2.45, 2.75) is 58.5 Å². The predicted octanol–water partition coefficient (Wildman–Crippen LogP) is 5.24. The summed E-state index contributed by atoms with van der Waals surface area (Å²) < 4.78 is 28.3. The molecule has 5 nitrogen and oxygen atoms in total. The highest BCUT2D eigenvalue weighted by atomic mass is 19.3. The number of aromatic nitrogens is 3. The number of nitrogens with one attached hydrogen (secondary N) is 1. The zero-order valence-corrected chi connectivity index (χ0v) is 16.7. The van der Waals surface area contributed by atoms with Crippen LogP contribution in [0.15, 0.2) is 35.3 Å². The lowest BCUT2D eigenvalue weighted by atomic mass is 9.92. The van der Waals surface area contributed by atoms with Crippen molar-refractivity contribution in [1.29, 1.82) is 0 Å². The van der Waals surface area contributed by atoms with Crippen LogP contribution in [-0.4, -0.2) is 14.5 Å². The van der Waals surface area contributed by atoms with Gasteiger partial charge in [0, 0.05) is 23.9 Å². The molecule has 1 fully saturated rings.